The topological polar surface area (TPSA) is 80.2 Å². The lowest BCUT2D eigenvalue weighted by Crippen LogP contribution is -2.57. The van der Waals surface area contributed by atoms with Crippen LogP contribution < -0.4 is 0 Å². The van der Waals surface area contributed by atoms with Crippen molar-refractivity contribution in [2.75, 3.05) is 18.8 Å². The highest BCUT2D eigenvalue weighted by Gasteiger charge is 2.39. The Morgan fingerprint density at radius 2 is 2.18 bits per heavy atom. The van der Waals surface area contributed by atoms with Crippen LogP contribution in [0.1, 0.15) is 17.4 Å². The summed E-state index contributed by atoms with van der Waals surface area (Å²) in [6, 6.07) is 0. The minimum absolute atomic E-state index is 0.116. The Kier molecular flexibility index (Phi) is 3.10. The molecule has 0 bridgehead atoms. The summed E-state index contributed by atoms with van der Waals surface area (Å²) in [6.07, 6.45) is 4.30. The van der Waals surface area contributed by atoms with Gasteiger partial charge < -0.3 is 4.90 Å². The van der Waals surface area contributed by atoms with E-state index in [0.717, 1.165) is 0 Å². The van der Waals surface area contributed by atoms with Gasteiger partial charge in [-0.3, -0.25) is 9.78 Å². The summed E-state index contributed by atoms with van der Waals surface area (Å²) in [6.45, 7) is 2.12. The van der Waals surface area contributed by atoms with E-state index in [0.29, 0.717) is 0 Å². The van der Waals surface area contributed by atoms with E-state index in [1.54, 1.807) is 6.92 Å². The van der Waals surface area contributed by atoms with Crippen LogP contribution in [0.25, 0.3) is 0 Å². The van der Waals surface area contributed by atoms with Gasteiger partial charge in [0.15, 0.2) is 9.84 Å². The molecule has 1 amide bonds. The van der Waals surface area contributed by atoms with E-state index >= 15 is 0 Å². The van der Waals surface area contributed by atoms with Gasteiger partial charge in [-0.25, -0.2) is 13.4 Å². The molecule has 1 aromatic heterocycles. The van der Waals surface area contributed by atoms with Gasteiger partial charge in [0.25, 0.3) is 5.91 Å². The summed E-state index contributed by atoms with van der Waals surface area (Å²) in [5.74, 6) is -0.147. The first-order chi connectivity index (χ1) is 8.04. The molecule has 2 heterocycles. The fourth-order valence-corrected chi connectivity index (χ4v) is 2.92. The van der Waals surface area contributed by atoms with Crippen molar-refractivity contribution in [1.82, 2.24) is 14.9 Å². The Morgan fingerprint density at radius 3 is 2.71 bits per heavy atom. The summed E-state index contributed by atoms with van der Waals surface area (Å²) in [4.78, 5) is 21.0. The standard InChI is InChI=1S/C10H13N3O3S/c1-2-17(15,16)8-6-13(7-8)10(14)9-5-11-3-4-12-9/h3-5,8H,2,6-7H2,1H3. The number of amides is 1. The number of aromatic nitrogens is 2. The second-order valence-corrected chi connectivity index (χ2v) is 6.44. The molecule has 7 heteroatoms. The largest absolute Gasteiger partial charge is 0.335 e. The van der Waals surface area contributed by atoms with Crippen LogP contribution in [0.2, 0.25) is 0 Å². The van der Waals surface area contributed by atoms with Crippen LogP contribution in [-0.2, 0) is 9.84 Å². The number of sulfone groups is 1. The van der Waals surface area contributed by atoms with Crippen LogP contribution >= 0.6 is 0 Å². The van der Waals surface area contributed by atoms with Crippen LogP contribution in [0.4, 0.5) is 0 Å². The monoisotopic (exact) mass is 255 g/mol. The van der Waals surface area contributed by atoms with Gasteiger partial charge in [0.1, 0.15) is 5.69 Å². The lowest BCUT2D eigenvalue weighted by Gasteiger charge is -2.38. The Labute approximate surface area is 99.6 Å². The van der Waals surface area contributed by atoms with Crippen molar-refractivity contribution in [2.24, 2.45) is 0 Å². The molecule has 0 atom stereocenters. The Balaban J connectivity index is 2.00. The van der Waals surface area contributed by atoms with E-state index in [1.807, 2.05) is 0 Å². The Morgan fingerprint density at radius 1 is 1.47 bits per heavy atom. The number of carbonyl (C=O) groups excluding carboxylic acids is 1. The van der Waals surface area contributed by atoms with Gasteiger partial charge >= 0.3 is 0 Å². The first kappa shape index (κ1) is 12.0. The zero-order valence-electron chi connectivity index (χ0n) is 9.41. The minimum Gasteiger partial charge on any atom is -0.335 e. The second kappa shape index (κ2) is 4.40. The first-order valence-corrected chi connectivity index (χ1v) is 7.03. The van der Waals surface area contributed by atoms with Crippen LogP contribution in [0, 0.1) is 0 Å². The molecule has 0 N–H and O–H groups in total. The molecular formula is C10H13N3O3S. The zero-order chi connectivity index (χ0) is 12.5. The van der Waals surface area contributed by atoms with Gasteiger partial charge in [-0.05, 0) is 0 Å². The molecule has 2 rings (SSSR count). The summed E-state index contributed by atoms with van der Waals surface area (Å²) in [7, 11) is -3.04. The van der Waals surface area contributed by atoms with Crippen LogP contribution in [0.3, 0.4) is 0 Å². The van der Waals surface area contributed by atoms with E-state index < -0.39 is 15.1 Å². The normalized spacial score (nSPS) is 16.6. The third-order valence-corrected chi connectivity index (χ3v) is 4.95. The number of carbonyl (C=O) groups is 1. The smallest absolute Gasteiger partial charge is 0.274 e. The van der Waals surface area contributed by atoms with Gasteiger partial charge in [-0.1, -0.05) is 6.92 Å². The molecule has 0 unspecified atom stereocenters. The quantitative estimate of drug-likeness (QED) is 0.743. The fourth-order valence-electron chi connectivity index (χ4n) is 1.64. The molecule has 1 aromatic rings. The first-order valence-electron chi connectivity index (χ1n) is 5.31. The lowest BCUT2D eigenvalue weighted by molar-refractivity contribution is 0.0652. The molecule has 0 radical (unpaired) electrons. The van der Waals surface area contributed by atoms with E-state index in [2.05, 4.69) is 9.97 Å². The fraction of sp³-hybridized carbons (Fsp3) is 0.500. The van der Waals surface area contributed by atoms with Gasteiger partial charge in [-0.15, -0.1) is 0 Å². The van der Waals surface area contributed by atoms with Crippen molar-refractivity contribution in [3.63, 3.8) is 0 Å². The van der Waals surface area contributed by atoms with Crippen LogP contribution in [0.5, 0.6) is 0 Å². The molecule has 1 aliphatic heterocycles. The predicted octanol–water partition coefficient (Wildman–Crippen LogP) is -0.264. The molecule has 1 aliphatic rings. The molecule has 92 valence electrons. The van der Waals surface area contributed by atoms with Crippen molar-refractivity contribution in [2.45, 2.75) is 12.2 Å². The van der Waals surface area contributed by atoms with Crippen molar-refractivity contribution in [1.29, 1.82) is 0 Å². The molecule has 6 nitrogen and oxygen atoms in total. The number of hydrogen-bond acceptors (Lipinski definition) is 5. The van der Waals surface area contributed by atoms with E-state index in [4.69, 9.17) is 0 Å². The number of hydrogen-bond donors (Lipinski definition) is 0. The minimum atomic E-state index is -3.04. The van der Waals surface area contributed by atoms with Crippen molar-refractivity contribution in [3.05, 3.63) is 24.3 Å². The predicted molar refractivity (Wildman–Crippen MR) is 61.2 cm³/mol. The van der Waals surface area contributed by atoms with Crippen LogP contribution in [-0.4, -0.2) is 53.3 Å². The van der Waals surface area contributed by atoms with Gasteiger partial charge in [0, 0.05) is 31.2 Å². The van der Waals surface area contributed by atoms with Crippen molar-refractivity contribution >= 4 is 15.7 Å². The molecular weight excluding hydrogens is 242 g/mol. The van der Waals surface area contributed by atoms with Gasteiger partial charge in [0.2, 0.25) is 0 Å². The van der Waals surface area contributed by atoms with Crippen LogP contribution in [0.15, 0.2) is 18.6 Å². The van der Waals surface area contributed by atoms with Gasteiger partial charge in [-0.2, -0.15) is 0 Å². The van der Waals surface area contributed by atoms with Crippen molar-refractivity contribution in [3.8, 4) is 0 Å². The lowest BCUT2D eigenvalue weighted by atomic mass is 10.2. The molecule has 0 aliphatic carbocycles. The molecule has 1 saturated heterocycles. The summed E-state index contributed by atoms with van der Waals surface area (Å²) < 4.78 is 23.0. The van der Waals surface area contributed by atoms with E-state index in [-0.39, 0.29) is 30.4 Å². The average Bonchev–Trinajstić information content (AvgIpc) is 2.28. The highest BCUT2D eigenvalue weighted by atomic mass is 32.2. The molecule has 0 saturated carbocycles. The summed E-state index contributed by atoms with van der Waals surface area (Å²) in [5, 5.41) is -0.423. The highest BCUT2D eigenvalue weighted by molar-refractivity contribution is 7.92. The number of likely N-dealkylation sites (tertiary alicyclic amines) is 1. The Hall–Kier alpha value is -1.50. The second-order valence-electron chi connectivity index (χ2n) is 3.87. The third kappa shape index (κ3) is 2.28. The Bertz CT molecular complexity index is 509. The average molecular weight is 255 g/mol. The van der Waals surface area contributed by atoms with E-state index in [1.165, 1.54) is 23.5 Å². The highest BCUT2D eigenvalue weighted by Crippen LogP contribution is 2.18. The maximum absolute atomic E-state index is 11.8. The number of rotatable bonds is 3. The SMILES string of the molecule is CCS(=O)(=O)C1CN(C(=O)c2cnccn2)C1. The molecule has 0 aromatic carbocycles. The zero-order valence-corrected chi connectivity index (χ0v) is 10.2. The molecule has 1 fully saturated rings. The molecule has 17 heavy (non-hydrogen) atoms. The summed E-state index contributed by atoms with van der Waals surface area (Å²) >= 11 is 0. The maximum atomic E-state index is 11.8. The third-order valence-electron chi connectivity index (χ3n) is 2.83. The van der Waals surface area contributed by atoms with E-state index in [9.17, 15) is 13.2 Å². The van der Waals surface area contributed by atoms with Crippen molar-refractivity contribution < 1.29 is 13.2 Å². The number of nitrogens with zero attached hydrogens (tertiary/aromatic N) is 3. The molecule has 0 spiro atoms. The van der Waals surface area contributed by atoms with Gasteiger partial charge in [0.05, 0.1) is 11.4 Å². The maximum Gasteiger partial charge on any atom is 0.274 e. The summed E-state index contributed by atoms with van der Waals surface area (Å²) in [5.41, 5.74) is 0.250.